The lowest BCUT2D eigenvalue weighted by molar-refractivity contribution is 0.138. The van der Waals surface area contributed by atoms with Crippen LogP contribution in [0.3, 0.4) is 0 Å². The second kappa shape index (κ2) is 5.85. The van der Waals surface area contributed by atoms with E-state index in [0.717, 1.165) is 37.4 Å². The molecule has 2 unspecified atom stereocenters. The van der Waals surface area contributed by atoms with Crippen molar-refractivity contribution in [1.82, 2.24) is 9.97 Å². The van der Waals surface area contributed by atoms with E-state index in [1.54, 1.807) is 6.07 Å². The molecule has 5 heteroatoms. The van der Waals surface area contributed by atoms with Crippen LogP contribution in [0.25, 0.3) is 0 Å². The minimum Gasteiger partial charge on any atom is -0.393 e. The van der Waals surface area contributed by atoms with Gasteiger partial charge in [-0.15, -0.1) is 0 Å². The molecule has 1 aliphatic carbocycles. The summed E-state index contributed by atoms with van der Waals surface area (Å²) in [4.78, 5) is 8.62. The van der Waals surface area contributed by atoms with Crippen LogP contribution in [0.5, 0.6) is 0 Å². The van der Waals surface area contributed by atoms with Crippen LogP contribution in [-0.4, -0.2) is 27.7 Å². The highest BCUT2D eigenvalue weighted by Gasteiger charge is 2.24. The second-order valence-corrected chi connectivity index (χ2v) is 5.62. The number of nitrogens with zero attached hydrogens (tertiary/aromatic N) is 2. The molecule has 0 aromatic carbocycles. The van der Waals surface area contributed by atoms with E-state index in [2.05, 4.69) is 15.3 Å². The summed E-state index contributed by atoms with van der Waals surface area (Å²) in [5.74, 6) is 2.07. The lowest BCUT2D eigenvalue weighted by atomic mass is 10.1. The van der Waals surface area contributed by atoms with Gasteiger partial charge in [-0.1, -0.05) is 31.9 Å². The number of hydrogen-bond donors (Lipinski definition) is 2. The van der Waals surface area contributed by atoms with Crippen molar-refractivity contribution in [3.05, 3.63) is 17.0 Å². The van der Waals surface area contributed by atoms with Crippen molar-refractivity contribution in [3.63, 3.8) is 0 Å². The Morgan fingerprint density at radius 3 is 2.83 bits per heavy atom. The van der Waals surface area contributed by atoms with Crippen molar-refractivity contribution in [2.45, 2.75) is 45.1 Å². The highest BCUT2D eigenvalue weighted by molar-refractivity contribution is 6.29. The van der Waals surface area contributed by atoms with Crippen LogP contribution >= 0.6 is 11.6 Å². The molecule has 1 saturated carbocycles. The average molecular weight is 270 g/mol. The maximum atomic E-state index is 9.77. The Morgan fingerprint density at radius 1 is 1.44 bits per heavy atom. The van der Waals surface area contributed by atoms with Crippen LogP contribution in [0, 0.1) is 5.92 Å². The summed E-state index contributed by atoms with van der Waals surface area (Å²) in [7, 11) is 0. The molecular weight excluding hydrogens is 250 g/mol. The summed E-state index contributed by atoms with van der Waals surface area (Å²) >= 11 is 5.98. The average Bonchev–Trinajstić information content (AvgIpc) is 2.71. The molecule has 4 nitrogen and oxygen atoms in total. The Labute approximate surface area is 113 Å². The normalized spacial score (nSPS) is 23.6. The predicted octanol–water partition coefficient (Wildman–Crippen LogP) is 2.83. The fourth-order valence-electron chi connectivity index (χ4n) is 2.27. The SMILES string of the molecule is CC(C)c1nc(Cl)cc(NCC2CCCC2O)n1. The third-order valence-corrected chi connectivity index (χ3v) is 3.59. The molecule has 0 bridgehead atoms. The van der Waals surface area contributed by atoms with Gasteiger partial charge in [0.1, 0.15) is 16.8 Å². The van der Waals surface area contributed by atoms with Crippen molar-refractivity contribution in [3.8, 4) is 0 Å². The van der Waals surface area contributed by atoms with Crippen LogP contribution in [-0.2, 0) is 0 Å². The largest absolute Gasteiger partial charge is 0.393 e. The van der Waals surface area contributed by atoms with E-state index in [1.165, 1.54) is 0 Å². The predicted molar refractivity (Wildman–Crippen MR) is 73.0 cm³/mol. The maximum absolute atomic E-state index is 9.77. The number of aromatic nitrogens is 2. The molecule has 0 amide bonds. The van der Waals surface area contributed by atoms with Gasteiger partial charge in [0, 0.05) is 24.4 Å². The molecule has 100 valence electrons. The molecule has 0 spiro atoms. The van der Waals surface area contributed by atoms with Gasteiger partial charge in [0.15, 0.2) is 0 Å². The first-order valence-electron chi connectivity index (χ1n) is 6.52. The Hall–Kier alpha value is -0.870. The summed E-state index contributed by atoms with van der Waals surface area (Å²) in [5.41, 5.74) is 0. The number of anilines is 1. The quantitative estimate of drug-likeness (QED) is 0.826. The molecular formula is C13H20ClN3O. The van der Waals surface area contributed by atoms with Gasteiger partial charge in [0.05, 0.1) is 6.10 Å². The monoisotopic (exact) mass is 269 g/mol. The minimum atomic E-state index is -0.181. The van der Waals surface area contributed by atoms with Gasteiger partial charge in [-0.2, -0.15) is 0 Å². The second-order valence-electron chi connectivity index (χ2n) is 5.23. The molecule has 0 radical (unpaired) electrons. The number of halogens is 1. The molecule has 1 heterocycles. The number of aliphatic hydroxyl groups excluding tert-OH is 1. The van der Waals surface area contributed by atoms with Gasteiger partial charge in [-0.25, -0.2) is 9.97 Å². The van der Waals surface area contributed by atoms with Crippen LogP contribution in [0.4, 0.5) is 5.82 Å². The minimum absolute atomic E-state index is 0.181. The maximum Gasteiger partial charge on any atom is 0.135 e. The number of aliphatic hydroxyl groups is 1. The van der Waals surface area contributed by atoms with E-state index in [4.69, 9.17) is 11.6 Å². The van der Waals surface area contributed by atoms with E-state index in [0.29, 0.717) is 11.1 Å². The van der Waals surface area contributed by atoms with Gasteiger partial charge in [0.2, 0.25) is 0 Å². The first-order chi connectivity index (χ1) is 8.56. The van der Waals surface area contributed by atoms with Gasteiger partial charge in [-0.05, 0) is 12.8 Å². The van der Waals surface area contributed by atoms with Crippen LogP contribution in [0.1, 0.15) is 44.9 Å². The lowest BCUT2D eigenvalue weighted by Gasteiger charge is -2.16. The summed E-state index contributed by atoms with van der Waals surface area (Å²) in [5, 5.41) is 13.5. The Morgan fingerprint density at radius 2 is 2.22 bits per heavy atom. The zero-order valence-corrected chi connectivity index (χ0v) is 11.6. The third kappa shape index (κ3) is 3.33. The zero-order chi connectivity index (χ0) is 13.1. The Balaban J connectivity index is 2.00. The fraction of sp³-hybridized carbons (Fsp3) is 0.692. The van der Waals surface area contributed by atoms with Gasteiger partial charge >= 0.3 is 0 Å². The number of hydrogen-bond acceptors (Lipinski definition) is 4. The van der Waals surface area contributed by atoms with Gasteiger partial charge in [-0.3, -0.25) is 0 Å². The van der Waals surface area contributed by atoms with E-state index in [1.807, 2.05) is 13.8 Å². The van der Waals surface area contributed by atoms with E-state index >= 15 is 0 Å². The highest BCUT2D eigenvalue weighted by Crippen LogP contribution is 2.26. The molecule has 0 saturated heterocycles. The van der Waals surface area contributed by atoms with Crippen molar-refractivity contribution < 1.29 is 5.11 Å². The zero-order valence-electron chi connectivity index (χ0n) is 10.9. The van der Waals surface area contributed by atoms with Crippen LogP contribution in [0.2, 0.25) is 5.15 Å². The Bertz CT molecular complexity index is 411. The van der Waals surface area contributed by atoms with Crippen LogP contribution < -0.4 is 5.32 Å². The molecule has 1 aromatic rings. The van der Waals surface area contributed by atoms with Crippen molar-refractivity contribution >= 4 is 17.4 Å². The summed E-state index contributed by atoms with van der Waals surface area (Å²) in [6, 6.07) is 1.73. The van der Waals surface area contributed by atoms with Gasteiger partial charge in [0.25, 0.3) is 0 Å². The first-order valence-corrected chi connectivity index (χ1v) is 6.90. The summed E-state index contributed by atoms with van der Waals surface area (Å²) in [6.07, 6.45) is 2.91. The number of nitrogens with one attached hydrogen (secondary N) is 1. The molecule has 1 aromatic heterocycles. The molecule has 2 rings (SSSR count). The smallest absolute Gasteiger partial charge is 0.135 e. The molecule has 1 aliphatic rings. The third-order valence-electron chi connectivity index (χ3n) is 3.39. The molecule has 2 atom stereocenters. The highest BCUT2D eigenvalue weighted by atomic mass is 35.5. The lowest BCUT2D eigenvalue weighted by Crippen LogP contribution is -2.22. The van der Waals surface area contributed by atoms with E-state index < -0.39 is 0 Å². The van der Waals surface area contributed by atoms with E-state index in [-0.39, 0.29) is 12.0 Å². The first kappa shape index (κ1) is 13.6. The van der Waals surface area contributed by atoms with Crippen LogP contribution in [0.15, 0.2) is 6.07 Å². The molecule has 18 heavy (non-hydrogen) atoms. The molecule has 2 N–H and O–H groups in total. The van der Waals surface area contributed by atoms with E-state index in [9.17, 15) is 5.11 Å². The standard InChI is InChI=1S/C13H20ClN3O/c1-8(2)13-16-11(14)6-12(17-13)15-7-9-4-3-5-10(9)18/h6,8-10,18H,3-5,7H2,1-2H3,(H,15,16,17). The van der Waals surface area contributed by atoms with Gasteiger partial charge < -0.3 is 10.4 Å². The summed E-state index contributed by atoms with van der Waals surface area (Å²) in [6.45, 7) is 4.82. The van der Waals surface area contributed by atoms with Crippen molar-refractivity contribution in [2.75, 3.05) is 11.9 Å². The molecule has 1 fully saturated rings. The topological polar surface area (TPSA) is 58.0 Å². The summed E-state index contributed by atoms with van der Waals surface area (Å²) < 4.78 is 0. The number of rotatable bonds is 4. The van der Waals surface area contributed by atoms with Crippen molar-refractivity contribution in [1.29, 1.82) is 0 Å². The Kier molecular flexibility index (Phi) is 4.40. The molecule has 0 aliphatic heterocycles. The van der Waals surface area contributed by atoms with Crippen molar-refractivity contribution in [2.24, 2.45) is 5.92 Å². The fourth-order valence-corrected chi connectivity index (χ4v) is 2.46.